The number of anilines is 1. The summed E-state index contributed by atoms with van der Waals surface area (Å²) in [5.74, 6) is -0.903. The van der Waals surface area contributed by atoms with Crippen LogP contribution in [0.15, 0.2) is 49.1 Å². The van der Waals surface area contributed by atoms with Crippen LogP contribution in [-0.2, 0) is 4.79 Å². The van der Waals surface area contributed by atoms with E-state index in [1.54, 1.807) is 23.1 Å². The van der Waals surface area contributed by atoms with E-state index >= 15 is 0 Å². The molecule has 4 heteroatoms. The van der Waals surface area contributed by atoms with Crippen molar-refractivity contribution in [2.24, 2.45) is 0 Å². The van der Waals surface area contributed by atoms with E-state index in [4.69, 9.17) is 10.4 Å². The van der Waals surface area contributed by atoms with Gasteiger partial charge in [0.15, 0.2) is 0 Å². The molecule has 0 aromatic heterocycles. The lowest BCUT2D eigenvalue weighted by molar-refractivity contribution is -0.135. The first-order chi connectivity index (χ1) is 9.67. The number of benzene rings is 2. The summed E-state index contributed by atoms with van der Waals surface area (Å²) in [5.41, 5.74) is 1.38. The normalized spacial score (nSPS) is 9.95. The van der Waals surface area contributed by atoms with Gasteiger partial charge < -0.3 is 10.0 Å². The van der Waals surface area contributed by atoms with Crippen LogP contribution in [0.1, 0.15) is 5.56 Å². The molecular weight excluding hydrogens is 252 g/mol. The van der Waals surface area contributed by atoms with Gasteiger partial charge in [0.25, 0.3) is 0 Å². The second-order valence-electron chi connectivity index (χ2n) is 4.35. The maximum absolute atomic E-state index is 11.0. The van der Waals surface area contributed by atoms with E-state index in [1.165, 1.54) is 0 Å². The van der Waals surface area contributed by atoms with Crippen LogP contribution >= 0.6 is 0 Å². The molecule has 4 nitrogen and oxygen atoms in total. The van der Waals surface area contributed by atoms with Gasteiger partial charge in [0.1, 0.15) is 6.54 Å². The lowest BCUT2D eigenvalue weighted by atomic mass is 10.0. The Labute approximate surface area is 117 Å². The lowest BCUT2D eigenvalue weighted by Crippen LogP contribution is -2.29. The van der Waals surface area contributed by atoms with E-state index in [0.29, 0.717) is 12.1 Å². The van der Waals surface area contributed by atoms with Crippen molar-refractivity contribution in [1.82, 2.24) is 0 Å². The Balaban J connectivity index is 2.61. The molecule has 2 aromatic rings. The van der Waals surface area contributed by atoms with E-state index in [-0.39, 0.29) is 6.54 Å². The molecule has 2 rings (SSSR count). The standard InChI is InChI=1S/C16H14N2O2/c1-2-9-18(11-16(19)20)15-8-7-12(10-17)13-5-3-4-6-14(13)15/h2-8H,1,9,11H2,(H,19,20). The molecule has 0 spiro atoms. The fourth-order valence-electron chi connectivity index (χ4n) is 2.22. The monoisotopic (exact) mass is 266 g/mol. The highest BCUT2D eigenvalue weighted by Gasteiger charge is 2.13. The number of nitriles is 1. The summed E-state index contributed by atoms with van der Waals surface area (Å²) in [6, 6.07) is 13.2. The van der Waals surface area contributed by atoms with Crippen LogP contribution in [0.4, 0.5) is 5.69 Å². The van der Waals surface area contributed by atoms with E-state index in [2.05, 4.69) is 12.6 Å². The molecule has 0 atom stereocenters. The van der Waals surface area contributed by atoms with Gasteiger partial charge in [-0.1, -0.05) is 30.3 Å². The quantitative estimate of drug-likeness (QED) is 0.845. The number of fused-ring (bicyclic) bond motifs is 1. The molecular formula is C16H14N2O2. The predicted octanol–water partition coefficient (Wildman–Crippen LogP) is 2.79. The first-order valence-corrected chi connectivity index (χ1v) is 6.17. The molecule has 0 aliphatic carbocycles. The number of carboxylic acid groups (broad SMARTS) is 1. The fraction of sp³-hybridized carbons (Fsp3) is 0.125. The molecule has 0 saturated carbocycles. The van der Waals surface area contributed by atoms with Crippen LogP contribution in [0, 0.1) is 11.3 Å². The summed E-state index contributed by atoms with van der Waals surface area (Å²) >= 11 is 0. The molecule has 2 aromatic carbocycles. The average Bonchev–Trinajstić information content (AvgIpc) is 2.45. The van der Waals surface area contributed by atoms with Crippen molar-refractivity contribution in [2.45, 2.75) is 0 Å². The molecule has 0 unspecified atom stereocenters. The Bertz CT molecular complexity index is 701. The van der Waals surface area contributed by atoms with Crippen LogP contribution in [0.2, 0.25) is 0 Å². The zero-order valence-corrected chi connectivity index (χ0v) is 10.9. The van der Waals surface area contributed by atoms with Crippen LogP contribution < -0.4 is 4.90 Å². The maximum Gasteiger partial charge on any atom is 0.323 e. The summed E-state index contributed by atoms with van der Waals surface area (Å²) in [5, 5.41) is 19.9. The van der Waals surface area contributed by atoms with Crippen molar-refractivity contribution in [2.75, 3.05) is 18.0 Å². The summed E-state index contributed by atoms with van der Waals surface area (Å²) in [6.45, 7) is 3.98. The molecule has 0 radical (unpaired) electrons. The van der Waals surface area contributed by atoms with Gasteiger partial charge in [-0.05, 0) is 12.1 Å². The second-order valence-corrected chi connectivity index (χ2v) is 4.35. The van der Waals surface area contributed by atoms with Crippen molar-refractivity contribution >= 4 is 22.4 Å². The summed E-state index contributed by atoms with van der Waals surface area (Å²) < 4.78 is 0. The number of carbonyl (C=O) groups is 1. The largest absolute Gasteiger partial charge is 0.480 e. The molecule has 0 aliphatic rings. The molecule has 0 bridgehead atoms. The Hall–Kier alpha value is -2.80. The van der Waals surface area contributed by atoms with Crippen LogP contribution in [0.25, 0.3) is 10.8 Å². The van der Waals surface area contributed by atoms with E-state index < -0.39 is 5.97 Å². The number of nitrogens with zero attached hydrogens (tertiary/aromatic N) is 2. The lowest BCUT2D eigenvalue weighted by Gasteiger charge is -2.23. The van der Waals surface area contributed by atoms with Crippen LogP contribution in [0.3, 0.4) is 0 Å². The maximum atomic E-state index is 11.0. The fourth-order valence-corrected chi connectivity index (χ4v) is 2.22. The zero-order valence-electron chi connectivity index (χ0n) is 10.9. The third-order valence-electron chi connectivity index (χ3n) is 3.04. The SMILES string of the molecule is C=CCN(CC(=O)O)c1ccc(C#N)c2ccccc12. The number of hydrogen-bond donors (Lipinski definition) is 1. The third kappa shape index (κ3) is 2.62. The van der Waals surface area contributed by atoms with Crippen molar-refractivity contribution in [1.29, 1.82) is 5.26 Å². The molecule has 0 fully saturated rings. The molecule has 0 saturated heterocycles. The molecule has 20 heavy (non-hydrogen) atoms. The number of rotatable bonds is 5. The number of carboxylic acids is 1. The molecule has 0 amide bonds. The Morgan fingerprint density at radius 1 is 1.30 bits per heavy atom. The van der Waals surface area contributed by atoms with Crippen molar-refractivity contribution in [3.8, 4) is 6.07 Å². The highest BCUT2D eigenvalue weighted by atomic mass is 16.4. The molecule has 0 heterocycles. The highest BCUT2D eigenvalue weighted by molar-refractivity contribution is 5.98. The van der Waals surface area contributed by atoms with Gasteiger partial charge in [0, 0.05) is 23.0 Å². The van der Waals surface area contributed by atoms with Gasteiger partial charge in [-0.3, -0.25) is 4.79 Å². The molecule has 0 aliphatic heterocycles. The Kier molecular flexibility index (Phi) is 4.02. The van der Waals surface area contributed by atoms with E-state index in [9.17, 15) is 4.79 Å². The summed E-state index contributed by atoms with van der Waals surface area (Å²) in [7, 11) is 0. The summed E-state index contributed by atoms with van der Waals surface area (Å²) in [6.07, 6.45) is 1.66. The Morgan fingerprint density at radius 2 is 2.00 bits per heavy atom. The first kappa shape index (κ1) is 13.6. The van der Waals surface area contributed by atoms with Crippen molar-refractivity contribution in [3.05, 3.63) is 54.6 Å². The zero-order chi connectivity index (χ0) is 14.5. The van der Waals surface area contributed by atoms with Crippen LogP contribution in [0.5, 0.6) is 0 Å². The minimum Gasteiger partial charge on any atom is -0.480 e. The molecule has 1 N–H and O–H groups in total. The highest BCUT2D eigenvalue weighted by Crippen LogP contribution is 2.29. The van der Waals surface area contributed by atoms with Gasteiger partial charge >= 0.3 is 5.97 Å². The first-order valence-electron chi connectivity index (χ1n) is 6.17. The smallest absolute Gasteiger partial charge is 0.323 e. The third-order valence-corrected chi connectivity index (χ3v) is 3.04. The number of hydrogen-bond acceptors (Lipinski definition) is 3. The van der Waals surface area contributed by atoms with Gasteiger partial charge in [-0.2, -0.15) is 5.26 Å². The second kappa shape index (κ2) is 5.89. The van der Waals surface area contributed by atoms with Crippen molar-refractivity contribution < 1.29 is 9.90 Å². The minimum atomic E-state index is -0.903. The molecule has 100 valence electrons. The topological polar surface area (TPSA) is 64.3 Å². The van der Waals surface area contributed by atoms with Gasteiger partial charge in [0.05, 0.1) is 11.6 Å². The van der Waals surface area contributed by atoms with Gasteiger partial charge in [0.2, 0.25) is 0 Å². The average molecular weight is 266 g/mol. The minimum absolute atomic E-state index is 0.109. The van der Waals surface area contributed by atoms with Gasteiger partial charge in [-0.25, -0.2) is 0 Å². The van der Waals surface area contributed by atoms with E-state index in [1.807, 2.05) is 24.3 Å². The van der Waals surface area contributed by atoms with E-state index in [0.717, 1.165) is 16.5 Å². The Morgan fingerprint density at radius 3 is 2.60 bits per heavy atom. The van der Waals surface area contributed by atoms with Gasteiger partial charge in [-0.15, -0.1) is 6.58 Å². The van der Waals surface area contributed by atoms with Crippen LogP contribution in [-0.4, -0.2) is 24.2 Å². The number of aliphatic carboxylic acids is 1. The predicted molar refractivity (Wildman–Crippen MR) is 78.7 cm³/mol. The van der Waals surface area contributed by atoms with Crippen molar-refractivity contribution in [3.63, 3.8) is 0 Å². The summed E-state index contributed by atoms with van der Waals surface area (Å²) in [4.78, 5) is 12.7.